The fraction of sp³-hybridized carbons (Fsp3) is 0.222. The Kier molecular flexibility index (Phi) is 5.51. The Balaban J connectivity index is 1.40. The molecule has 0 saturated carbocycles. The first-order valence-corrected chi connectivity index (χ1v) is 9.57. The molecule has 0 saturated heterocycles. The summed E-state index contributed by atoms with van der Waals surface area (Å²) in [6, 6.07) is 5.00. The summed E-state index contributed by atoms with van der Waals surface area (Å²) in [5.41, 5.74) is -0.353. The van der Waals surface area contributed by atoms with Gasteiger partial charge in [0.25, 0.3) is 5.56 Å². The Morgan fingerprint density at radius 3 is 2.70 bits per heavy atom. The van der Waals surface area contributed by atoms with Crippen molar-refractivity contribution in [2.45, 2.75) is 19.3 Å². The van der Waals surface area contributed by atoms with Crippen molar-refractivity contribution in [2.75, 3.05) is 0 Å². The second kappa shape index (κ2) is 8.25. The maximum absolute atomic E-state index is 11.9. The van der Waals surface area contributed by atoms with Crippen molar-refractivity contribution in [3.05, 3.63) is 67.1 Å². The van der Waals surface area contributed by atoms with Gasteiger partial charge in [0.1, 0.15) is 5.56 Å². The van der Waals surface area contributed by atoms with E-state index in [2.05, 4.69) is 25.3 Å². The maximum atomic E-state index is 11.9. The normalized spacial score (nSPS) is 11.2. The molecule has 0 fully saturated rings. The highest BCUT2D eigenvalue weighted by Gasteiger charge is 2.15. The van der Waals surface area contributed by atoms with Crippen LogP contribution in [-0.2, 0) is 19.9 Å². The van der Waals surface area contributed by atoms with Gasteiger partial charge in [-0.3, -0.25) is 9.78 Å². The van der Waals surface area contributed by atoms with Crippen LogP contribution in [0.25, 0.3) is 22.8 Å². The number of hydrogen-bond acceptors (Lipinski definition) is 8. The average Bonchev–Trinajstić information content (AvgIpc) is 3.35. The Hall–Kier alpha value is -3.24. The molecule has 12 heteroatoms. The van der Waals surface area contributed by atoms with Crippen molar-refractivity contribution < 1.29 is 8.94 Å². The van der Waals surface area contributed by atoms with Gasteiger partial charge in [0.15, 0.2) is 0 Å². The number of aromatic amines is 1. The number of aryl methyl sites for hydroxylation is 3. The molecule has 4 rings (SSSR count). The van der Waals surface area contributed by atoms with Crippen LogP contribution in [0.2, 0.25) is 10.0 Å². The van der Waals surface area contributed by atoms with E-state index in [9.17, 15) is 9.59 Å². The van der Waals surface area contributed by atoms with Crippen molar-refractivity contribution in [3.63, 3.8) is 0 Å². The summed E-state index contributed by atoms with van der Waals surface area (Å²) < 4.78 is 12.1. The average molecular weight is 449 g/mol. The van der Waals surface area contributed by atoms with Crippen LogP contribution in [0.1, 0.15) is 18.2 Å². The van der Waals surface area contributed by atoms with E-state index in [-0.39, 0.29) is 11.4 Å². The molecule has 30 heavy (non-hydrogen) atoms. The fourth-order valence-corrected chi connectivity index (χ4v) is 3.20. The molecule has 0 aliphatic heterocycles. The zero-order valence-electron chi connectivity index (χ0n) is 15.6. The minimum atomic E-state index is -0.579. The van der Waals surface area contributed by atoms with E-state index in [1.165, 1.54) is 17.8 Å². The number of nitrogens with one attached hydrogen (secondary N) is 1. The molecular formula is C18H14Cl2N6O4. The first-order valence-electron chi connectivity index (χ1n) is 8.81. The third-order valence-electron chi connectivity index (χ3n) is 4.23. The number of benzene rings is 1. The van der Waals surface area contributed by atoms with Gasteiger partial charge in [-0.05, 0) is 24.6 Å². The van der Waals surface area contributed by atoms with Crippen LogP contribution in [0.4, 0.5) is 0 Å². The topological polar surface area (TPSA) is 133 Å². The number of halogens is 2. The molecular weight excluding hydrogens is 435 g/mol. The summed E-state index contributed by atoms with van der Waals surface area (Å²) in [4.78, 5) is 29.8. The summed E-state index contributed by atoms with van der Waals surface area (Å²) in [6.07, 6.45) is 2.88. The highest BCUT2D eigenvalue weighted by Crippen LogP contribution is 2.29. The quantitative estimate of drug-likeness (QED) is 0.475. The zero-order chi connectivity index (χ0) is 21.3. The van der Waals surface area contributed by atoms with Gasteiger partial charge in [-0.2, -0.15) is 4.98 Å². The van der Waals surface area contributed by atoms with E-state index in [0.717, 1.165) is 0 Å². The lowest BCUT2D eigenvalue weighted by molar-refractivity contribution is 0.373. The molecule has 0 amide bonds. The van der Waals surface area contributed by atoms with Crippen molar-refractivity contribution in [2.24, 2.45) is 7.05 Å². The monoisotopic (exact) mass is 448 g/mol. The Labute approximate surface area is 178 Å². The summed E-state index contributed by atoms with van der Waals surface area (Å²) in [5.74, 6) is 1.20. The lowest BCUT2D eigenvalue weighted by Gasteiger charge is -1.99. The van der Waals surface area contributed by atoms with E-state index >= 15 is 0 Å². The molecule has 0 unspecified atom stereocenters. The van der Waals surface area contributed by atoms with E-state index < -0.39 is 11.2 Å². The molecule has 0 aliphatic carbocycles. The van der Waals surface area contributed by atoms with Crippen molar-refractivity contribution in [1.82, 2.24) is 29.9 Å². The van der Waals surface area contributed by atoms with Crippen LogP contribution in [-0.4, -0.2) is 29.9 Å². The highest BCUT2D eigenvalue weighted by molar-refractivity contribution is 6.36. The van der Waals surface area contributed by atoms with Crippen LogP contribution < -0.4 is 11.2 Å². The fourth-order valence-electron chi connectivity index (χ4n) is 2.71. The molecule has 0 spiro atoms. The maximum Gasteiger partial charge on any atom is 0.328 e. The summed E-state index contributed by atoms with van der Waals surface area (Å²) in [5, 5.41) is 12.8. The molecule has 1 aromatic carbocycles. The Bertz CT molecular complexity index is 1320. The van der Waals surface area contributed by atoms with Gasteiger partial charge in [-0.1, -0.05) is 28.4 Å². The van der Waals surface area contributed by atoms with E-state index in [1.54, 1.807) is 18.2 Å². The lowest BCUT2D eigenvalue weighted by atomic mass is 10.2. The second-order valence-electron chi connectivity index (χ2n) is 6.40. The van der Waals surface area contributed by atoms with Crippen molar-refractivity contribution in [1.29, 1.82) is 0 Å². The Morgan fingerprint density at radius 2 is 1.90 bits per heavy atom. The van der Waals surface area contributed by atoms with Gasteiger partial charge >= 0.3 is 5.69 Å². The molecule has 0 bridgehead atoms. The van der Waals surface area contributed by atoms with Gasteiger partial charge in [0.2, 0.25) is 23.5 Å². The first-order chi connectivity index (χ1) is 14.4. The Morgan fingerprint density at radius 1 is 1.10 bits per heavy atom. The number of rotatable bonds is 6. The van der Waals surface area contributed by atoms with Crippen molar-refractivity contribution >= 4 is 23.2 Å². The summed E-state index contributed by atoms with van der Waals surface area (Å²) >= 11 is 12.1. The third-order valence-corrected chi connectivity index (χ3v) is 4.77. The standard InChI is InChI=1S/C18H14Cl2N6O4/c1-26-8-11(16(27)22-18(26)28)15-21-13(30-25-15)3-2-4-14-23-24-17(29-14)10-6-5-9(19)7-12(10)20/h5-8H,2-4H2,1H3,(H,22,27,28). The molecule has 10 nitrogen and oxygen atoms in total. The molecule has 3 aromatic heterocycles. The van der Waals surface area contributed by atoms with Gasteiger partial charge in [-0.25, -0.2) is 4.79 Å². The van der Waals surface area contributed by atoms with Gasteiger partial charge in [0, 0.05) is 31.1 Å². The zero-order valence-corrected chi connectivity index (χ0v) is 17.1. The smallest absolute Gasteiger partial charge is 0.328 e. The second-order valence-corrected chi connectivity index (χ2v) is 7.25. The number of nitrogens with zero attached hydrogens (tertiary/aromatic N) is 5. The molecule has 4 aromatic rings. The molecule has 0 aliphatic rings. The van der Waals surface area contributed by atoms with Gasteiger partial charge in [-0.15, -0.1) is 10.2 Å². The van der Waals surface area contributed by atoms with E-state index in [1.807, 2.05) is 0 Å². The minimum absolute atomic E-state index is 0.110. The molecule has 0 atom stereocenters. The SMILES string of the molecule is Cn1cc(-c2noc(CCCc3nnc(-c4ccc(Cl)cc4Cl)o3)n2)c(=O)[nH]c1=O. The minimum Gasteiger partial charge on any atom is -0.421 e. The molecule has 1 N–H and O–H groups in total. The van der Waals surface area contributed by atoms with Crippen molar-refractivity contribution in [3.8, 4) is 22.8 Å². The predicted octanol–water partition coefficient (Wildman–Crippen LogP) is 2.66. The summed E-state index contributed by atoms with van der Waals surface area (Å²) in [6.45, 7) is 0. The number of H-pyrrole nitrogens is 1. The highest BCUT2D eigenvalue weighted by atomic mass is 35.5. The van der Waals surface area contributed by atoms with Crippen LogP contribution >= 0.6 is 23.2 Å². The van der Waals surface area contributed by atoms with Crippen LogP contribution in [0.5, 0.6) is 0 Å². The lowest BCUT2D eigenvalue weighted by Crippen LogP contribution is -2.28. The molecule has 154 valence electrons. The van der Waals surface area contributed by atoms with Crippen LogP contribution in [0, 0.1) is 0 Å². The first kappa shape index (κ1) is 20.0. The predicted molar refractivity (Wildman–Crippen MR) is 107 cm³/mol. The van der Waals surface area contributed by atoms with E-state index in [4.69, 9.17) is 32.1 Å². The van der Waals surface area contributed by atoms with Crippen LogP contribution in [0.15, 0.2) is 42.9 Å². The number of hydrogen-bond donors (Lipinski definition) is 1. The largest absolute Gasteiger partial charge is 0.421 e. The van der Waals surface area contributed by atoms with Gasteiger partial charge in [0.05, 0.1) is 10.6 Å². The third kappa shape index (κ3) is 4.19. The van der Waals surface area contributed by atoms with E-state index in [0.29, 0.717) is 52.5 Å². The number of aromatic nitrogens is 6. The molecule has 0 radical (unpaired) electrons. The van der Waals surface area contributed by atoms with Gasteiger partial charge < -0.3 is 13.5 Å². The summed E-state index contributed by atoms with van der Waals surface area (Å²) in [7, 11) is 1.51. The molecule has 3 heterocycles. The van der Waals surface area contributed by atoms with Crippen LogP contribution in [0.3, 0.4) is 0 Å².